The molecule has 0 fully saturated rings. The minimum atomic E-state index is -0.495. The molecule has 0 aromatic heterocycles. The summed E-state index contributed by atoms with van der Waals surface area (Å²) >= 11 is 0. The van der Waals surface area contributed by atoms with E-state index in [0.717, 1.165) is 11.3 Å². The summed E-state index contributed by atoms with van der Waals surface area (Å²) in [6.45, 7) is 7.15. The number of rotatable bonds is 3. The molecule has 2 atom stereocenters. The number of carbonyl (C=O) groups is 2. The van der Waals surface area contributed by atoms with E-state index in [0.29, 0.717) is 5.71 Å². The molecular formula is C16H17NO3. The largest absolute Gasteiger partial charge is 0.466 e. The van der Waals surface area contributed by atoms with E-state index in [1.807, 2.05) is 24.3 Å². The smallest absolute Gasteiger partial charge is 0.333 e. The molecule has 0 spiro atoms. The number of ketones is 1. The molecular weight excluding hydrogens is 254 g/mol. The summed E-state index contributed by atoms with van der Waals surface area (Å²) in [5.41, 5.74) is 2.60. The number of benzene rings is 1. The first-order chi connectivity index (χ1) is 9.47. The van der Waals surface area contributed by atoms with Crippen molar-refractivity contribution in [3.05, 3.63) is 42.0 Å². The van der Waals surface area contributed by atoms with Crippen LogP contribution in [0.3, 0.4) is 0 Å². The molecule has 1 heterocycles. The van der Waals surface area contributed by atoms with Gasteiger partial charge in [-0.1, -0.05) is 24.8 Å². The van der Waals surface area contributed by atoms with Crippen molar-refractivity contribution in [2.45, 2.75) is 19.8 Å². The molecule has 1 aromatic rings. The van der Waals surface area contributed by atoms with Crippen LogP contribution in [0.4, 0.5) is 5.69 Å². The third kappa shape index (κ3) is 2.29. The number of Topliss-reactive ketones (excluding diaryl/α,β-unsaturated/α-hetero) is 1. The van der Waals surface area contributed by atoms with Crippen LogP contribution in [-0.2, 0) is 14.3 Å². The van der Waals surface area contributed by atoms with Crippen LogP contribution in [0.5, 0.6) is 0 Å². The summed E-state index contributed by atoms with van der Waals surface area (Å²) in [4.78, 5) is 28.3. The molecule has 1 aliphatic heterocycles. The molecule has 2 rings (SSSR count). The maximum absolute atomic E-state index is 12.0. The Labute approximate surface area is 118 Å². The highest BCUT2D eigenvalue weighted by Gasteiger charge is 2.38. The maximum Gasteiger partial charge on any atom is 0.333 e. The van der Waals surface area contributed by atoms with Crippen LogP contribution in [0.15, 0.2) is 41.4 Å². The Bertz CT molecular complexity index is 616. The summed E-state index contributed by atoms with van der Waals surface area (Å²) in [5, 5.41) is 0. The summed E-state index contributed by atoms with van der Waals surface area (Å²) in [5.74, 6) is -1.40. The number of para-hydroxylation sites is 1. The van der Waals surface area contributed by atoms with Gasteiger partial charge in [-0.15, -0.1) is 0 Å². The van der Waals surface area contributed by atoms with Gasteiger partial charge in [0.1, 0.15) is 5.78 Å². The van der Waals surface area contributed by atoms with Crippen LogP contribution in [0.25, 0.3) is 0 Å². The molecule has 0 bridgehead atoms. The van der Waals surface area contributed by atoms with E-state index in [1.54, 1.807) is 6.92 Å². The number of hydrogen-bond donors (Lipinski definition) is 0. The predicted octanol–water partition coefficient (Wildman–Crippen LogP) is 2.81. The molecule has 0 saturated heterocycles. The highest BCUT2D eigenvalue weighted by molar-refractivity contribution is 6.08. The normalized spacial score (nSPS) is 20.6. The van der Waals surface area contributed by atoms with E-state index in [1.165, 1.54) is 14.0 Å². The molecule has 4 heteroatoms. The predicted molar refractivity (Wildman–Crippen MR) is 77.3 cm³/mol. The van der Waals surface area contributed by atoms with Gasteiger partial charge in [0.05, 0.1) is 18.7 Å². The lowest BCUT2D eigenvalue weighted by atomic mass is 9.74. The third-order valence-electron chi connectivity index (χ3n) is 3.61. The van der Waals surface area contributed by atoms with Gasteiger partial charge in [-0.3, -0.25) is 9.79 Å². The Morgan fingerprint density at radius 1 is 1.25 bits per heavy atom. The Morgan fingerprint density at radius 3 is 2.50 bits per heavy atom. The monoisotopic (exact) mass is 271 g/mol. The SMILES string of the molecule is C=C(C(=O)OC)C1c2ccccc2N=C(C)C1C(C)=O. The summed E-state index contributed by atoms with van der Waals surface area (Å²) < 4.78 is 4.75. The van der Waals surface area contributed by atoms with Crippen molar-refractivity contribution in [1.82, 2.24) is 0 Å². The first-order valence-corrected chi connectivity index (χ1v) is 6.39. The lowest BCUT2D eigenvalue weighted by Gasteiger charge is -2.31. The fourth-order valence-electron chi connectivity index (χ4n) is 2.71. The fourth-order valence-corrected chi connectivity index (χ4v) is 2.71. The standard InChI is InChI=1S/C16H17NO3/c1-9(16(19)20-4)14-12-7-5-6-8-13(12)17-10(2)15(14)11(3)18/h5-8,14-15H,1H2,2-4H3. The van der Waals surface area contributed by atoms with Crippen molar-refractivity contribution in [2.24, 2.45) is 10.9 Å². The highest BCUT2D eigenvalue weighted by Crippen LogP contribution is 2.42. The second kappa shape index (κ2) is 5.41. The van der Waals surface area contributed by atoms with E-state index < -0.39 is 17.8 Å². The van der Waals surface area contributed by atoms with Crippen molar-refractivity contribution in [3.63, 3.8) is 0 Å². The quantitative estimate of drug-likeness (QED) is 0.627. The summed E-state index contributed by atoms with van der Waals surface area (Å²) in [6.07, 6.45) is 0. The van der Waals surface area contributed by atoms with Crippen molar-refractivity contribution in [3.8, 4) is 0 Å². The molecule has 0 aliphatic carbocycles. The van der Waals surface area contributed by atoms with Crippen molar-refractivity contribution in [1.29, 1.82) is 0 Å². The van der Waals surface area contributed by atoms with E-state index in [-0.39, 0.29) is 11.4 Å². The number of carbonyl (C=O) groups excluding carboxylic acids is 2. The van der Waals surface area contributed by atoms with E-state index in [9.17, 15) is 9.59 Å². The first kappa shape index (κ1) is 14.2. The van der Waals surface area contributed by atoms with Crippen LogP contribution >= 0.6 is 0 Å². The van der Waals surface area contributed by atoms with Crippen molar-refractivity contribution >= 4 is 23.2 Å². The number of aliphatic imine (C=N–C) groups is 1. The molecule has 2 unspecified atom stereocenters. The zero-order valence-corrected chi connectivity index (χ0v) is 11.8. The van der Waals surface area contributed by atoms with E-state index in [2.05, 4.69) is 11.6 Å². The first-order valence-electron chi connectivity index (χ1n) is 6.39. The van der Waals surface area contributed by atoms with Crippen LogP contribution in [0.2, 0.25) is 0 Å². The molecule has 104 valence electrons. The Morgan fingerprint density at radius 2 is 1.90 bits per heavy atom. The maximum atomic E-state index is 12.0. The molecule has 4 nitrogen and oxygen atoms in total. The molecule has 0 amide bonds. The minimum absolute atomic E-state index is 0.0317. The van der Waals surface area contributed by atoms with Gasteiger partial charge < -0.3 is 4.74 Å². The van der Waals surface area contributed by atoms with Crippen LogP contribution in [0, 0.1) is 5.92 Å². The summed E-state index contributed by atoms with van der Waals surface area (Å²) in [6, 6.07) is 7.48. The van der Waals surface area contributed by atoms with Gasteiger partial charge in [0.2, 0.25) is 0 Å². The van der Waals surface area contributed by atoms with Crippen LogP contribution < -0.4 is 0 Å². The zero-order valence-electron chi connectivity index (χ0n) is 11.8. The van der Waals surface area contributed by atoms with Gasteiger partial charge in [-0.05, 0) is 25.5 Å². The van der Waals surface area contributed by atoms with Crippen molar-refractivity contribution in [2.75, 3.05) is 7.11 Å². The van der Waals surface area contributed by atoms with Gasteiger partial charge in [0.25, 0.3) is 0 Å². The minimum Gasteiger partial charge on any atom is -0.466 e. The summed E-state index contributed by atoms with van der Waals surface area (Å²) in [7, 11) is 1.31. The molecule has 0 saturated carbocycles. The molecule has 0 N–H and O–H groups in total. The second-order valence-electron chi connectivity index (χ2n) is 4.89. The topological polar surface area (TPSA) is 55.7 Å². The average Bonchev–Trinajstić information content (AvgIpc) is 2.43. The van der Waals surface area contributed by atoms with Gasteiger partial charge in [0.15, 0.2) is 0 Å². The number of fused-ring (bicyclic) bond motifs is 1. The van der Waals surface area contributed by atoms with Crippen LogP contribution in [-0.4, -0.2) is 24.6 Å². The van der Waals surface area contributed by atoms with Gasteiger partial charge in [-0.2, -0.15) is 0 Å². The Balaban J connectivity index is 2.59. The van der Waals surface area contributed by atoms with E-state index >= 15 is 0 Å². The van der Waals surface area contributed by atoms with Crippen LogP contribution in [0.1, 0.15) is 25.3 Å². The Kier molecular flexibility index (Phi) is 3.84. The number of esters is 1. The molecule has 20 heavy (non-hydrogen) atoms. The van der Waals surface area contributed by atoms with Crippen molar-refractivity contribution < 1.29 is 14.3 Å². The van der Waals surface area contributed by atoms with E-state index in [4.69, 9.17) is 4.74 Å². The molecule has 1 aromatic carbocycles. The fraction of sp³-hybridized carbons (Fsp3) is 0.312. The highest BCUT2D eigenvalue weighted by atomic mass is 16.5. The average molecular weight is 271 g/mol. The Hall–Kier alpha value is -2.23. The second-order valence-corrected chi connectivity index (χ2v) is 4.89. The van der Waals surface area contributed by atoms with Gasteiger partial charge in [-0.25, -0.2) is 4.79 Å². The number of nitrogens with zero attached hydrogens (tertiary/aromatic N) is 1. The number of methoxy groups -OCH3 is 1. The molecule has 0 radical (unpaired) electrons. The third-order valence-corrected chi connectivity index (χ3v) is 3.61. The number of ether oxygens (including phenoxy) is 1. The zero-order chi connectivity index (χ0) is 14.9. The lowest BCUT2D eigenvalue weighted by molar-refractivity contribution is -0.136. The molecule has 1 aliphatic rings. The van der Waals surface area contributed by atoms with Gasteiger partial charge in [0, 0.05) is 17.2 Å². The van der Waals surface area contributed by atoms with Gasteiger partial charge >= 0.3 is 5.97 Å². The number of hydrogen-bond acceptors (Lipinski definition) is 4. The lowest BCUT2D eigenvalue weighted by Crippen LogP contribution is -2.32.